The lowest BCUT2D eigenvalue weighted by atomic mass is 9.92. The van der Waals surface area contributed by atoms with Gasteiger partial charge in [-0.25, -0.2) is 0 Å². The summed E-state index contributed by atoms with van der Waals surface area (Å²) >= 11 is 5.19. The van der Waals surface area contributed by atoms with Crippen LogP contribution >= 0.6 is 12.2 Å². The molecular weight excluding hydrogens is 347 g/mol. The smallest absolute Gasteiger partial charge is 0.362 e. The number of benzene rings is 1. The van der Waals surface area contributed by atoms with E-state index < -0.39 is 11.7 Å². The van der Waals surface area contributed by atoms with Crippen molar-refractivity contribution >= 4 is 23.0 Å². The van der Waals surface area contributed by atoms with Crippen molar-refractivity contribution in [3.63, 3.8) is 0 Å². The number of piperidine rings is 1. The zero-order valence-electron chi connectivity index (χ0n) is 14.7. The van der Waals surface area contributed by atoms with E-state index in [0.29, 0.717) is 10.8 Å². The van der Waals surface area contributed by atoms with Gasteiger partial charge in [0.15, 0.2) is 5.11 Å². The van der Waals surface area contributed by atoms with Crippen molar-refractivity contribution in [2.24, 2.45) is 11.8 Å². The Morgan fingerprint density at radius 1 is 1.16 bits per heavy atom. The first-order valence-electron chi connectivity index (χ1n) is 8.68. The Morgan fingerprint density at radius 2 is 1.76 bits per heavy atom. The predicted molar refractivity (Wildman–Crippen MR) is 99.7 cm³/mol. The summed E-state index contributed by atoms with van der Waals surface area (Å²) in [6.45, 7) is 8.67. The molecule has 0 saturated carbocycles. The molecule has 1 saturated heterocycles. The van der Waals surface area contributed by atoms with E-state index >= 15 is 0 Å². The van der Waals surface area contributed by atoms with Gasteiger partial charge in [-0.2, -0.15) is 13.2 Å². The molecule has 0 amide bonds. The highest BCUT2D eigenvalue weighted by molar-refractivity contribution is 7.80. The van der Waals surface area contributed by atoms with E-state index in [2.05, 4.69) is 29.4 Å². The van der Waals surface area contributed by atoms with Crippen LogP contribution in [0.1, 0.15) is 32.3 Å². The van der Waals surface area contributed by atoms with Crippen LogP contribution in [0.2, 0.25) is 0 Å². The minimum atomic E-state index is -4.32. The first-order chi connectivity index (χ1) is 11.7. The molecule has 3 nitrogen and oxygen atoms in total. The second kappa shape index (κ2) is 8.85. The Balaban J connectivity index is 1.67. The molecule has 1 heterocycles. The Hall–Kier alpha value is -1.34. The molecule has 1 aliphatic heterocycles. The number of thiocarbonyl (C=S) groups is 1. The molecule has 2 N–H and O–H groups in total. The molecule has 0 radical (unpaired) electrons. The van der Waals surface area contributed by atoms with Crippen LogP contribution in [0.15, 0.2) is 24.3 Å². The van der Waals surface area contributed by atoms with Gasteiger partial charge >= 0.3 is 6.18 Å². The number of hydrogen-bond donors (Lipinski definition) is 2. The minimum Gasteiger partial charge on any atom is -0.362 e. The molecule has 1 aromatic carbocycles. The highest BCUT2D eigenvalue weighted by Gasteiger charge is 2.29. The maximum Gasteiger partial charge on any atom is 0.416 e. The summed E-state index contributed by atoms with van der Waals surface area (Å²) in [5, 5.41) is 6.45. The summed E-state index contributed by atoms with van der Waals surface area (Å²) in [5.74, 6) is 1.50. The standard InChI is InChI=1S/C18H26F3N3S/c1-13-10-14(2)12-24(11-13)9-3-8-22-17(25)23-16-6-4-15(5-7-16)18(19,20)21/h4-7,13-14H,3,8-12H2,1-2H3,(H2,22,23,25). The van der Waals surface area contributed by atoms with E-state index in [1.807, 2.05) is 0 Å². The lowest BCUT2D eigenvalue weighted by molar-refractivity contribution is -0.137. The molecule has 1 aromatic rings. The van der Waals surface area contributed by atoms with Crippen molar-refractivity contribution < 1.29 is 13.2 Å². The van der Waals surface area contributed by atoms with Gasteiger partial charge in [0, 0.05) is 25.3 Å². The van der Waals surface area contributed by atoms with Crippen molar-refractivity contribution in [1.29, 1.82) is 0 Å². The van der Waals surface area contributed by atoms with Crippen LogP contribution in [-0.4, -0.2) is 36.2 Å². The fourth-order valence-corrected chi connectivity index (χ4v) is 3.62. The third kappa shape index (κ3) is 6.82. The molecule has 2 atom stereocenters. The van der Waals surface area contributed by atoms with E-state index in [4.69, 9.17) is 12.2 Å². The van der Waals surface area contributed by atoms with Gasteiger partial charge < -0.3 is 15.5 Å². The molecule has 2 rings (SSSR count). The Labute approximate surface area is 153 Å². The zero-order chi connectivity index (χ0) is 18.4. The number of hydrogen-bond acceptors (Lipinski definition) is 2. The van der Waals surface area contributed by atoms with Crippen molar-refractivity contribution in [3.8, 4) is 0 Å². The van der Waals surface area contributed by atoms with Gasteiger partial charge in [0.25, 0.3) is 0 Å². The third-order valence-corrected chi connectivity index (χ3v) is 4.60. The Bertz CT molecular complexity index is 550. The number of likely N-dealkylation sites (tertiary alicyclic amines) is 1. The summed E-state index contributed by atoms with van der Waals surface area (Å²) in [7, 11) is 0. The molecule has 2 unspecified atom stereocenters. The molecule has 140 valence electrons. The quantitative estimate of drug-likeness (QED) is 0.592. The van der Waals surface area contributed by atoms with Gasteiger partial charge in [-0.1, -0.05) is 13.8 Å². The number of nitrogens with zero attached hydrogens (tertiary/aromatic N) is 1. The van der Waals surface area contributed by atoms with Crippen LogP contribution in [0.25, 0.3) is 0 Å². The van der Waals surface area contributed by atoms with Crippen LogP contribution in [0.3, 0.4) is 0 Å². The fraction of sp³-hybridized carbons (Fsp3) is 0.611. The molecule has 1 aliphatic rings. The van der Waals surface area contributed by atoms with Gasteiger partial charge in [-0.3, -0.25) is 0 Å². The van der Waals surface area contributed by atoms with Gasteiger partial charge in [-0.15, -0.1) is 0 Å². The van der Waals surface area contributed by atoms with Crippen molar-refractivity contribution in [2.45, 2.75) is 32.9 Å². The van der Waals surface area contributed by atoms with Crippen LogP contribution in [0.5, 0.6) is 0 Å². The zero-order valence-corrected chi connectivity index (χ0v) is 15.5. The first-order valence-corrected chi connectivity index (χ1v) is 9.09. The average molecular weight is 373 g/mol. The highest BCUT2D eigenvalue weighted by Crippen LogP contribution is 2.29. The average Bonchev–Trinajstić information content (AvgIpc) is 2.50. The van der Waals surface area contributed by atoms with Crippen LogP contribution in [-0.2, 0) is 6.18 Å². The molecule has 0 spiro atoms. The number of nitrogens with one attached hydrogen (secondary N) is 2. The number of halogens is 3. The summed E-state index contributed by atoms with van der Waals surface area (Å²) < 4.78 is 37.6. The van der Waals surface area contributed by atoms with Gasteiger partial charge in [-0.05, 0) is 67.7 Å². The first kappa shape index (κ1) is 20.0. The second-order valence-corrected chi connectivity index (χ2v) is 7.42. The molecule has 1 fully saturated rings. The summed E-state index contributed by atoms with van der Waals surface area (Å²) in [6.07, 6.45) is -2.04. The maximum atomic E-state index is 12.5. The van der Waals surface area contributed by atoms with E-state index in [1.54, 1.807) is 0 Å². The normalized spacial score (nSPS) is 21.8. The SMILES string of the molecule is CC1CC(C)CN(CCCNC(=S)Nc2ccc(C(F)(F)F)cc2)C1. The maximum absolute atomic E-state index is 12.5. The second-order valence-electron chi connectivity index (χ2n) is 7.02. The topological polar surface area (TPSA) is 27.3 Å². The lowest BCUT2D eigenvalue weighted by Crippen LogP contribution is -2.40. The third-order valence-electron chi connectivity index (χ3n) is 4.35. The minimum absolute atomic E-state index is 0.431. The Kier molecular flexibility index (Phi) is 7.07. The van der Waals surface area contributed by atoms with Crippen molar-refractivity contribution in [1.82, 2.24) is 10.2 Å². The molecule has 0 aliphatic carbocycles. The fourth-order valence-electron chi connectivity index (χ4n) is 3.40. The molecule has 0 aromatic heterocycles. The van der Waals surface area contributed by atoms with Gasteiger partial charge in [0.1, 0.15) is 0 Å². The number of alkyl halides is 3. The van der Waals surface area contributed by atoms with Crippen LogP contribution in [0.4, 0.5) is 18.9 Å². The highest BCUT2D eigenvalue weighted by atomic mass is 32.1. The molecular formula is C18H26F3N3S. The Morgan fingerprint density at radius 3 is 2.32 bits per heavy atom. The van der Waals surface area contributed by atoms with Crippen LogP contribution in [0, 0.1) is 11.8 Å². The van der Waals surface area contributed by atoms with E-state index in [1.165, 1.54) is 18.6 Å². The summed E-state index contributed by atoms with van der Waals surface area (Å²) in [6, 6.07) is 4.86. The van der Waals surface area contributed by atoms with E-state index in [-0.39, 0.29) is 0 Å². The monoisotopic (exact) mass is 373 g/mol. The summed E-state index contributed by atoms with van der Waals surface area (Å²) in [5.41, 5.74) is -0.119. The van der Waals surface area contributed by atoms with Crippen molar-refractivity contribution in [2.75, 3.05) is 31.5 Å². The number of anilines is 1. The van der Waals surface area contributed by atoms with E-state index in [9.17, 15) is 13.2 Å². The number of rotatable bonds is 5. The van der Waals surface area contributed by atoms with Gasteiger partial charge in [0.2, 0.25) is 0 Å². The van der Waals surface area contributed by atoms with Gasteiger partial charge in [0.05, 0.1) is 5.56 Å². The molecule has 7 heteroatoms. The predicted octanol–water partition coefficient (Wildman–Crippen LogP) is 4.36. The largest absolute Gasteiger partial charge is 0.416 e. The molecule has 25 heavy (non-hydrogen) atoms. The van der Waals surface area contributed by atoms with Crippen molar-refractivity contribution in [3.05, 3.63) is 29.8 Å². The van der Waals surface area contributed by atoms with E-state index in [0.717, 1.165) is 56.6 Å². The summed E-state index contributed by atoms with van der Waals surface area (Å²) in [4.78, 5) is 2.49. The molecule has 0 bridgehead atoms. The van der Waals surface area contributed by atoms with Crippen LogP contribution < -0.4 is 10.6 Å². The lowest BCUT2D eigenvalue weighted by Gasteiger charge is -2.35.